The van der Waals surface area contributed by atoms with Crippen molar-refractivity contribution in [3.05, 3.63) is 156 Å². The molecule has 0 radical (unpaired) electrons. The lowest BCUT2D eigenvalue weighted by Crippen LogP contribution is -2.10. The average Bonchev–Trinajstić information content (AvgIpc) is 3.70. The molecule has 0 amide bonds. The summed E-state index contributed by atoms with van der Waals surface area (Å²) in [6.07, 6.45) is 2.56. The van der Waals surface area contributed by atoms with Gasteiger partial charge in [0.15, 0.2) is 0 Å². The zero-order chi connectivity index (χ0) is 34.2. The molecule has 5 nitrogen and oxygen atoms in total. The Hall–Kier alpha value is -6.64. The van der Waals surface area contributed by atoms with Crippen LogP contribution in [-0.2, 0) is 0 Å². The van der Waals surface area contributed by atoms with E-state index < -0.39 is 0 Å². The molecule has 5 heteroatoms. The number of pyridine rings is 1. The minimum Gasteiger partial charge on any atom is -0.308 e. The Balaban J connectivity index is 1.41. The molecule has 4 heterocycles. The summed E-state index contributed by atoms with van der Waals surface area (Å²) in [6, 6.07) is 47.1. The van der Waals surface area contributed by atoms with Gasteiger partial charge in [0.25, 0.3) is 0 Å². The predicted molar refractivity (Wildman–Crippen MR) is 208 cm³/mol. The maximum absolute atomic E-state index is 9.77. The van der Waals surface area contributed by atoms with Gasteiger partial charge in [0.2, 0.25) is 0 Å². The van der Waals surface area contributed by atoms with Gasteiger partial charge < -0.3 is 4.40 Å². The van der Waals surface area contributed by atoms with E-state index in [4.69, 9.17) is 15.0 Å². The number of rotatable bonds is 5. The standard InChI is InChI=1S/C46H31N5/c1-3-31(46-49-37-19-11-23-48-44(37)43(50-46)30-15-10-13-28(24-30)26-47)40-35(32-16-6-4-12-27(32)2)25-36-34-18-8-9-20-38(34)51-39-22-21-29-14-5-7-17-33(29)41(39)42(40)45(36)51/h4-25,31H,3H2,1-2H3. The van der Waals surface area contributed by atoms with Crippen molar-refractivity contribution in [1.29, 1.82) is 5.26 Å². The summed E-state index contributed by atoms with van der Waals surface area (Å²) in [5.74, 6) is 0.593. The number of hydrogen-bond acceptors (Lipinski definition) is 4. The van der Waals surface area contributed by atoms with E-state index in [2.05, 4.69) is 115 Å². The highest BCUT2D eigenvalue weighted by atomic mass is 14.9. The fourth-order valence-corrected chi connectivity index (χ4v) is 8.41. The van der Waals surface area contributed by atoms with Crippen molar-refractivity contribution in [2.24, 2.45) is 0 Å². The molecule has 240 valence electrons. The van der Waals surface area contributed by atoms with Crippen molar-refractivity contribution in [3.63, 3.8) is 0 Å². The van der Waals surface area contributed by atoms with Crippen molar-refractivity contribution in [1.82, 2.24) is 19.4 Å². The number of hydrogen-bond donors (Lipinski definition) is 0. The maximum Gasteiger partial charge on any atom is 0.137 e. The molecule has 0 N–H and O–H groups in total. The van der Waals surface area contributed by atoms with Crippen LogP contribution in [0.3, 0.4) is 0 Å². The zero-order valence-corrected chi connectivity index (χ0v) is 28.2. The molecule has 0 bridgehead atoms. The van der Waals surface area contributed by atoms with Crippen LogP contribution in [0.1, 0.15) is 41.8 Å². The normalized spacial score (nSPS) is 12.5. The third kappa shape index (κ3) is 4.23. The molecule has 1 atom stereocenters. The monoisotopic (exact) mass is 653 g/mol. The molecule has 6 aromatic carbocycles. The third-order valence-corrected chi connectivity index (χ3v) is 10.6. The molecular weight excluding hydrogens is 623 g/mol. The summed E-state index contributed by atoms with van der Waals surface area (Å²) in [7, 11) is 0. The van der Waals surface area contributed by atoms with E-state index in [1.54, 1.807) is 6.20 Å². The Labute approximate surface area is 294 Å². The molecule has 0 aliphatic rings. The van der Waals surface area contributed by atoms with Crippen LogP contribution in [0.15, 0.2) is 134 Å². The number of fused-ring (bicyclic) bond motifs is 9. The first-order valence-electron chi connectivity index (χ1n) is 17.5. The molecule has 0 saturated carbocycles. The van der Waals surface area contributed by atoms with Gasteiger partial charge in [0.05, 0.1) is 33.7 Å². The van der Waals surface area contributed by atoms with Gasteiger partial charge in [0.1, 0.15) is 17.0 Å². The fourth-order valence-electron chi connectivity index (χ4n) is 8.41. The van der Waals surface area contributed by atoms with Crippen molar-refractivity contribution in [2.45, 2.75) is 26.2 Å². The van der Waals surface area contributed by atoms with Gasteiger partial charge >= 0.3 is 0 Å². The Morgan fingerprint density at radius 3 is 2.39 bits per heavy atom. The second-order valence-corrected chi connectivity index (χ2v) is 13.4. The van der Waals surface area contributed by atoms with Gasteiger partial charge in [-0.2, -0.15) is 5.26 Å². The van der Waals surface area contributed by atoms with E-state index in [1.807, 2.05) is 36.4 Å². The maximum atomic E-state index is 9.77. The van der Waals surface area contributed by atoms with Gasteiger partial charge in [-0.3, -0.25) is 4.98 Å². The fraction of sp³-hybridized carbons (Fsp3) is 0.0870. The van der Waals surface area contributed by atoms with Gasteiger partial charge in [-0.05, 0) is 88.8 Å². The van der Waals surface area contributed by atoms with Crippen LogP contribution in [0.4, 0.5) is 0 Å². The van der Waals surface area contributed by atoms with E-state index in [9.17, 15) is 5.26 Å². The summed E-state index contributed by atoms with van der Waals surface area (Å²) < 4.78 is 2.48. The number of nitrogens with zero attached hydrogens (tertiary/aromatic N) is 5. The van der Waals surface area contributed by atoms with Crippen LogP contribution < -0.4 is 0 Å². The van der Waals surface area contributed by atoms with Crippen LogP contribution in [0, 0.1) is 18.3 Å². The lowest BCUT2D eigenvalue weighted by atomic mass is 9.82. The molecule has 0 fully saturated rings. The van der Waals surface area contributed by atoms with E-state index in [-0.39, 0.29) is 5.92 Å². The highest BCUT2D eigenvalue weighted by Gasteiger charge is 2.30. The molecule has 0 aliphatic heterocycles. The van der Waals surface area contributed by atoms with Crippen LogP contribution in [-0.4, -0.2) is 19.4 Å². The lowest BCUT2D eigenvalue weighted by Gasteiger charge is -2.23. The minimum absolute atomic E-state index is 0.155. The van der Waals surface area contributed by atoms with E-state index in [0.717, 1.165) is 34.5 Å². The first-order valence-corrected chi connectivity index (χ1v) is 17.5. The van der Waals surface area contributed by atoms with Gasteiger partial charge in [-0.1, -0.05) is 91.9 Å². The Bertz CT molecular complexity index is 3060. The largest absolute Gasteiger partial charge is 0.308 e. The summed E-state index contributed by atoms with van der Waals surface area (Å²) in [6.45, 7) is 4.44. The Kier molecular flexibility index (Phi) is 6.43. The van der Waals surface area contributed by atoms with Crippen molar-refractivity contribution in [3.8, 4) is 28.5 Å². The van der Waals surface area contributed by atoms with Crippen LogP contribution in [0.25, 0.3) is 82.3 Å². The van der Waals surface area contributed by atoms with Crippen LogP contribution in [0.5, 0.6) is 0 Å². The number of aromatic nitrogens is 4. The molecule has 0 saturated heterocycles. The molecule has 10 aromatic rings. The van der Waals surface area contributed by atoms with Gasteiger partial charge in [-0.25, -0.2) is 9.97 Å². The van der Waals surface area contributed by atoms with E-state index in [0.29, 0.717) is 5.56 Å². The SMILES string of the molecule is CCC(c1nc(-c2cccc(C#N)c2)c2ncccc2n1)c1c(-c2ccccc2C)cc2c3ccccc3n3c4ccc5ccccc5c4c1c23. The highest BCUT2D eigenvalue weighted by Crippen LogP contribution is 2.50. The average molecular weight is 654 g/mol. The third-order valence-electron chi connectivity index (χ3n) is 10.6. The highest BCUT2D eigenvalue weighted by molar-refractivity contribution is 6.30. The summed E-state index contributed by atoms with van der Waals surface area (Å²) in [5.41, 5.74) is 12.2. The molecular formula is C46H31N5. The topological polar surface area (TPSA) is 66.9 Å². The summed E-state index contributed by atoms with van der Waals surface area (Å²) in [4.78, 5) is 15.4. The molecule has 1 unspecified atom stereocenters. The Morgan fingerprint density at radius 2 is 1.53 bits per heavy atom. The number of aryl methyl sites for hydroxylation is 1. The van der Waals surface area contributed by atoms with Crippen molar-refractivity contribution in [2.75, 3.05) is 0 Å². The minimum atomic E-state index is -0.155. The lowest BCUT2D eigenvalue weighted by molar-refractivity contribution is 0.729. The number of nitriles is 1. The first kappa shape index (κ1) is 29.3. The van der Waals surface area contributed by atoms with Gasteiger partial charge in [0, 0.05) is 39.2 Å². The predicted octanol–water partition coefficient (Wildman–Crippen LogP) is 11.4. The zero-order valence-electron chi connectivity index (χ0n) is 28.2. The number of benzene rings is 6. The van der Waals surface area contributed by atoms with Crippen LogP contribution in [0.2, 0.25) is 0 Å². The van der Waals surface area contributed by atoms with Crippen molar-refractivity contribution >= 4 is 59.9 Å². The number of para-hydroxylation sites is 1. The van der Waals surface area contributed by atoms with E-state index >= 15 is 0 Å². The molecule has 0 spiro atoms. The molecule has 10 rings (SSSR count). The smallest absolute Gasteiger partial charge is 0.137 e. The molecule has 4 aromatic heterocycles. The molecule has 0 aliphatic carbocycles. The van der Waals surface area contributed by atoms with Crippen LogP contribution >= 0.6 is 0 Å². The summed E-state index contributed by atoms with van der Waals surface area (Å²) in [5, 5.41) is 17.2. The van der Waals surface area contributed by atoms with Gasteiger partial charge in [-0.15, -0.1) is 0 Å². The van der Waals surface area contributed by atoms with Crippen molar-refractivity contribution < 1.29 is 0 Å². The first-order chi connectivity index (χ1) is 25.1. The Morgan fingerprint density at radius 1 is 0.706 bits per heavy atom. The summed E-state index contributed by atoms with van der Waals surface area (Å²) >= 11 is 0. The van der Waals surface area contributed by atoms with E-state index in [1.165, 1.54) is 71.1 Å². The molecule has 51 heavy (non-hydrogen) atoms. The second kappa shape index (κ2) is 11.2. The second-order valence-electron chi connectivity index (χ2n) is 13.4. The quantitative estimate of drug-likeness (QED) is 0.185.